The largest absolute Gasteiger partial charge is 0.396 e. The molecule has 112 valence electrons. The summed E-state index contributed by atoms with van der Waals surface area (Å²) in [7, 11) is 0. The topological polar surface area (TPSA) is 72.9 Å². The van der Waals surface area contributed by atoms with Crippen LogP contribution in [0.5, 0.6) is 0 Å². The van der Waals surface area contributed by atoms with Crippen LogP contribution in [-0.2, 0) is 11.3 Å². The van der Waals surface area contributed by atoms with Crippen molar-refractivity contribution >= 4 is 11.6 Å². The van der Waals surface area contributed by atoms with Crippen LogP contribution >= 0.6 is 0 Å². The minimum Gasteiger partial charge on any atom is -0.396 e. The fraction of sp³-hybridized carbons (Fsp3) is 0.733. The fourth-order valence-electron chi connectivity index (χ4n) is 3.06. The highest BCUT2D eigenvalue weighted by Gasteiger charge is 2.19. The number of aryl methyl sites for hydroxylation is 1. The van der Waals surface area contributed by atoms with E-state index in [1.165, 1.54) is 25.7 Å². The van der Waals surface area contributed by atoms with Gasteiger partial charge in [-0.05, 0) is 38.5 Å². The molecule has 3 N–H and O–H groups in total. The second-order valence-corrected chi connectivity index (χ2v) is 6.18. The van der Waals surface area contributed by atoms with Crippen LogP contribution in [0.1, 0.15) is 44.0 Å². The van der Waals surface area contributed by atoms with E-state index in [0.29, 0.717) is 11.6 Å². The highest BCUT2D eigenvalue weighted by Crippen LogP contribution is 2.27. The van der Waals surface area contributed by atoms with Crippen molar-refractivity contribution in [3.63, 3.8) is 0 Å². The molecule has 2 unspecified atom stereocenters. The van der Waals surface area contributed by atoms with Gasteiger partial charge in [-0.15, -0.1) is 0 Å². The number of nitrogens with one attached hydrogen (secondary N) is 1. The lowest BCUT2D eigenvalue weighted by Gasteiger charge is -2.26. The van der Waals surface area contributed by atoms with Crippen LogP contribution in [0.15, 0.2) is 0 Å². The van der Waals surface area contributed by atoms with Gasteiger partial charge < -0.3 is 11.1 Å². The average molecular weight is 278 g/mol. The Morgan fingerprint density at radius 3 is 2.80 bits per heavy atom. The summed E-state index contributed by atoms with van der Waals surface area (Å²) in [6, 6.07) is 0. The highest BCUT2D eigenvalue weighted by molar-refractivity contribution is 5.75. The lowest BCUT2D eigenvalue weighted by molar-refractivity contribution is -0.122. The molecule has 1 heterocycles. The zero-order chi connectivity index (χ0) is 14.7. The smallest absolute Gasteiger partial charge is 0.241 e. The number of hydrogen-bond donors (Lipinski definition) is 2. The maximum Gasteiger partial charge on any atom is 0.241 e. The van der Waals surface area contributed by atoms with E-state index < -0.39 is 0 Å². The molecule has 1 fully saturated rings. The summed E-state index contributed by atoms with van der Waals surface area (Å²) in [6.07, 6.45) is 5.08. The number of rotatable bonds is 4. The van der Waals surface area contributed by atoms with Crippen molar-refractivity contribution in [3.05, 3.63) is 11.4 Å². The second-order valence-electron chi connectivity index (χ2n) is 6.18. The summed E-state index contributed by atoms with van der Waals surface area (Å²) in [6.45, 7) is 7.10. The van der Waals surface area contributed by atoms with E-state index >= 15 is 0 Å². The number of aromatic nitrogens is 2. The molecule has 20 heavy (non-hydrogen) atoms. The number of nitrogens with two attached hydrogens (primary N) is 1. The van der Waals surface area contributed by atoms with Gasteiger partial charge in [0.2, 0.25) is 5.91 Å². The van der Waals surface area contributed by atoms with E-state index in [9.17, 15) is 4.79 Å². The first-order valence-electron chi connectivity index (χ1n) is 7.53. The summed E-state index contributed by atoms with van der Waals surface area (Å²) in [5.41, 5.74) is 8.20. The van der Waals surface area contributed by atoms with Crippen LogP contribution in [0, 0.1) is 25.7 Å². The van der Waals surface area contributed by atoms with Gasteiger partial charge in [0.15, 0.2) is 0 Å². The Bertz CT molecular complexity index is 480. The van der Waals surface area contributed by atoms with Crippen molar-refractivity contribution < 1.29 is 4.79 Å². The molecule has 0 radical (unpaired) electrons. The third-order valence-electron chi connectivity index (χ3n) is 4.36. The molecule has 1 amide bonds. The normalized spacial score (nSPS) is 22.8. The third kappa shape index (κ3) is 3.52. The number of anilines is 1. The maximum atomic E-state index is 12.0. The van der Waals surface area contributed by atoms with E-state index in [4.69, 9.17) is 5.73 Å². The first kappa shape index (κ1) is 14.9. The van der Waals surface area contributed by atoms with Crippen LogP contribution in [0.2, 0.25) is 0 Å². The van der Waals surface area contributed by atoms with E-state index in [0.717, 1.165) is 23.9 Å². The molecule has 0 bridgehead atoms. The molecule has 5 nitrogen and oxygen atoms in total. The molecular weight excluding hydrogens is 252 g/mol. The van der Waals surface area contributed by atoms with Crippen LogP contribution < -0.4 is 11.1 Å². The number of hydrogen-bond acceptors (Lipinski definition) is 3. The monoisotopic (exact) mass is 278 g/mol. The highest BCUT2D eigenvalue weighted by atomic mass is 16.2. The molecule has 1 aliphatic rings. The predicted octanol–water partition coefficient (Wildman–Crippen LogP) is 2.02. The molecular formula is C15H26N4O. The Balaban J connectivity index is 1.82. The van der Waals surface area contributed by atoms with Crippen molar-refractivity contribution in [2.75, 3.05) is 12.3 Å². The predicted molar refractivity (Wildman–Crippen MR) is 80.2 cm³/mol. The standard InChI is InChI=1S/C15H26N4O/c1-10-5-4-6-13(7-10)8-17-14(20)9-19-12(3)15(16)11(2)18-19/h10,13H,4-9,16H2,1-3H3,(H,17,20). The molecule has 1 saturated carbocycles. The molecule has 2 rings (SSSR count). The van der Waals surface area contributed by atoms with Crippen molar-refractivity contribution in [1.29, 1.82) is 0 Å². The molecule has 5 heteroatoms. The maximum absolute atomic E-state index is 12.0. The van der Waals surface area contributed by atoms with E-state index in [1.54, 1.807) is 4.68 Å². The van der Waals surface area contributed by atoms with E-state index in [2.05, 4.69) is 17.3 Å². The van der Waals surface area contributed by atoms with Gasteiger partial charge in [-0.1, -0.05) is 19.8 Å². The Kier molecular flexibility index (Phi) is 4.68. The van der Waals surface area contributed by atoms with Gasteiger partial charge in [0.1, 0.15) is 6.54 Å². The fourth-order valence-corrected chi connectivity index (χ4v) is 3.06. The Morgan fingerprint density at radius 2 is 2.20 bits per heavy atom. The molecule has 0 aromatic carbocycles. The van der Waals surface area contributed by atoms with Crippen LogP contribution in [0.4, 0.5) is 5.69 Å². The summed E-state index contributed by atoms with van der Waals surface area (Å²) in [5, 5.41) is 7.32. The molecule has 1 aliphatic carbocycles. The van der Waals surface area contributed by atoms with E-state index in [-0.39, 0.29) is 12.5 Å². The van der Waals surface area contributed by atoms with Crippen LogP contribution in [0.3, 0.4) is 0 Å². The van der Waals surface area contributed by atoms with Gasteiger partial charge in [0.25, 0.3) is 0 Å². The van der Waals surface area contributed by atoms with Crippen LogP contribution in [-0.4, -0.2) is 22.2 Å². The van der Waals surface area contributed by atoms with Gasteiger partial charge in [-0.25, -0.2) is 0 Å². The summed E-state index contributed by atoms with van der Waals surface area (Å²) >= 11 is 0. The first-order chi connectivity index (χ1) is 9.47. The molecule has 1 aromatic heterocycles. The Labute approximate surface area is 120 Å². The Hall–Kier alpha value is -1.52. The molecule has 0 saturated heterocycles. The number of nitrogens with zero attached hydrogens (tertiary/aromatic N) is 2. The molecule has 2 atom stereocenters. The zero-order valence-electron chi connectivity index (χ0n) is 12.8. The Morgan fingerprint density at radius 1 is 1.45 bits per heavy atom. The van der Waals surface area contributed by atoms with Gasteiger partial charge in [0, 0.05) is 6.54 Å². The summed E-state index contributed by atoms with van der Waals surface area (Å²) in [5.74, 6) is 1.45. The summed E-state index contributed by atoms with van der Waals surface area (Å²) in [4.78, 5) is 12.0. The van der Waals surface area contributed by atoms with E-state index in [1.807, 2.05) is 13.8 Å². The van der Waals surface area contributed by atoms with Crippen LogP contribution in [0.25, 0.3) is 0 Å². The minimum atomic E-state index is 0.0221. The lowest BCUT2D eigenvalue weighted by Crippen LogP contribution is -2.34. The number of carbonyl (C=O) groups excluding carboxylic acids is 1. The van der Waals surface area contributed by atoms with Crippen molar-refractivity contribution in [3.8, 4) is 0 Å². The molecule has 0 aliphatic heterocycles. The van der Waals surface area contributed by atoms with Gasteiger partial charge >= 0.3 is 0 Å². The summed E-state index contributed by atoms with van der Waals surface area (Å²) < 4.78 is 1.68. The first-order valence-corrected chi connectivity index (χ1v) is 7.53. The minimum absolute atomic E-state index is 0.0221. The lowest BCUT2D eigenvalue weighted by atomic mass is 9.82. The SMILES string of the molecule is Cc1nn(CC(=O)NCC2CCCC(C)C2)c(C)c1N. The molecule has 1 aromatic rings. The zero-order valence-corrected chi connectivity index (χ0v) is 12.8. The van der Waals surface area contributed by atoms with Gasteiger partial charge in [-0.3, -0.25) is 9.48 Å². The van der Waals surface area contributed by atoms with Crippen molar-refractivity contribution in [2.45, 2.75) is 53.0 Å². The van der Waals surface area contributed by atoms with Gasteiger partial charge in [-0.2, -0.15) is 5.10 Å². The number of amides is 1. The average Bonchev–Trinajstić information content (AvgIpc) is 2.64. The quantitative estimate of drug-likeness (QED) is 0.885. The van der Waals surface area contributed by atoms with Crippen molar-refractivity contribution in [2.24, 2.45) is 11.8 Å². The third-order valence-corrected chi connectivity index (χ3v) is 4.36. The second kappa shape index (κ2) is 6.29. The number of carbonyl (C=O) groups is 1. The molecule has 0 spiro atoms. The van der Waals surface area contributed by atoms with Crippen molar-refractivity contribution in [1.82, 2.24) is 15.1 Å². The number of nitrogen functional groups attached to an aromatic ring is 1. The van der Waals surface area contributed by atoms with Gasteiger partial charge in [0.05, 0.1) is 17.1 Å².